The Balaban J connectivity index is 2.26. The highest BCUT2D eigenvalue weighted by atomic mass is 16.5. The van der Waals surface area contributed by atoms with Gasteiger partial charge in [-0.1, -0.05) is 6.92 Å². The third-order valence-corrected chi connectivity index (χ3v) is 3.92. The van der Waals surface area contributed by atoms with Gasteiger partial charge in [-0.3, -0.25) is 0 Å². The normalized spacial score (nSPS) is 17.8. The Bertz CT molecular complexity index is 455. The Labute approximate surface area is 121 Å². The fourth-order valence-corrected chi connectivity index (χ4v) is 2.50. The van der Waals surface area contributed by atoms with Crippen LogP contribution in [0.4, 0.5) is 11.6 Å². The first kappa shape index (κ1) is 15.0. The van der Waals surface area contributed by atoms with Gasteiger partial charge in [-0.2, -0.15) is 0 Å². The van der Waals surface area contributed by atoms with Crippen LogP contribution in [-0.4, -0.2) is 35.8 Å². The summed E-state index contributed by atoms with van der Waals surface area (Å²) in [6.45, 7) is 8.08. The molecule has 5 heteroatoms. The maximum atomic E-state index is 5.45. The molecule has 5 nitrogen and oxygen atoms in total. The van der Waals surface area contributed by atoms with Gasteiger partial charge in [0, 0.05) is 37.8 Å². The van der Waals surface area contributed by atoms with Gasteiger partial charge >= 0.3 is 0 Å². The second-order valence-electron chi connectivity index (χ2n) is 5.76. The number of ether oxygens (including phenoxy) is 1. The van der Waals surface area contributed by atoms with Crippen molar-refractivity contribution in [2.24, 2.45) is 0 Å². The van der Waals surface area contributed by atoms with Crippen molar-refractivity contribution < 1.29 is 4.74 Å². The van der Waals surface area contributed by atoms with Gasteiger partial charge in [-0.05, 0) is 33.1 Å². The fraction of sp³-hybridized carbons (Fsp3) is 0.733. The highest BCUT2D eigenvalue weighted by Gasteiger charge is 2.28. The molecular formula is C15H26N4O. The van der Waals surface area contributed by atoms with Gasteiger partial charge in [0.15, 0.2) is 0 Å². The smallest absolute Gasteiger partial charge is 0.135 e. The second-order valence-corrected chi connectivity index (χ2v) is 5.76. The monoisotopic (exact) mass is 278 g/mol. The van der Waals surface area contributed by atoms with Gasteiger partial charge in [-0.15, -0.1) is 0 Å². The van der Waals surface area contributed by atoms with E-state index in [0.717, 1.165) is 61.9 Å². The van der Waals surface area contributed by atoms with Crippen LogP contribution >= 0.6 is 0 Å². The van der Waals surface area contributed by atoms with Crippen molar-refractivity contribution >= 4 is 11.6 Å². The average molecular weight is 278 g/mol. The molecule has 2 rings (SSSR count). The summed E-state index contributed by atoms with van der Waals surface area (Å²) in [6, 6.07) is 0. The van der Waals surface area contributed by atoms with Crippen LogP contribution in [0.5, 0.6) is 0 Å². The van der Waals surface area contributed by atoms with Crippen LogP contribution in [-0.2, 0) is 11.2 Å². The predicted octanol–water partition coefficient (Wildman–Crippen LogP) is 2.76. The van der Waals surface area contributed by atoms with E-state index >= 15 is 0 Å². The summed E-state index contributed by atoms with van der Waals surface area (Å²) < 4.78 is 5.45. The lowest BCUT2D eigenvalue weighted by Crippen LogP contribution is -2.41. The fourth-order valence-electron chi connectivity index (χ4n) is 2.50. The van der Waals surface area contributed by atoms with Crippen molar-refractivity contribution in [3.8, 4) is 0 Å². The van der Waals surface area contributed by atoms with E-state index in [0.29, 0.717) is 0 Å². The molecule has 0 atom stereocenters. The molecule has 0 amide bonds. The predicted molar refractivity (Wildman–Crippen MR) is 82.4 cm³/mol. The van der Waals surface area contributed by atoms with Gasteiger partial charge in [0.25, 0.3) is 0 Å². The third-order valence-electron chi connectivity index (χ3n) is 3.92. The Kier molecular flexibility index (Phi) is 4.81. The van der Waals surface area contributed by atoms with Crippen LogP contribution in [0.3, 0.4) is 0 Å². The molecule has 1 aromatic rings. The molecule has 20 heavy (non-hydrogen) atoms. The van der Waals surface area contributed by atoms with Crippen molar-refractivity contribution in [1.82, 2.24) is 9.97 Å². The van der Waals surface area contributed by atoms with E-state index in [-0.39, 0.29) is 5.54 Å². The first-order valence-corrected chi connectivity index (χ1v) is 7.49. The summed E-state index contributed by atoms with van der Waals surface area (Å²) in [5.41, 5.74) is 1.14. The minimum Gasteiger partial charge on any atom is -0.381 e. The highest BCUT2D eigenvalue weighted by Crippen LogP contribution is 2.28. The van der Waals surface area contributed by atoms with Gasteiger partial charge in [0.05, 0.1) is 0 Å². The Morgan fingerprint density at radius 1 is 1.20 bits per heavy atom. The zero-order valence-electron chi connectivity index (χ0n) is 13.0. The second kappa shape index (κ2) is 6.39. The molecule has 0 radical (unpaired) electrons. The van der Waals surface area contributed by atoms with E-state index in [4.69, 9.17) is 9.72 Å². The Morgan fingerprint density at radius 3 is 2.45 bits per heavy atom. The van der Waals surface area contributed by atoms with Crippen molar-refractivity contribution in [3.05, 3.63) is 11.4 Å². The molecule has 0 unspecified atom stereocenters. The lowest BCUT2D eigenvalue weighted by Gasteiger charge is -2.35. The molecule has 0 aliphatic carbocycles. The highest BCUT2D eigenvalue weighted by molar-refractivity contribution is 5.58. The molecule has 0 spiro atoms. The molecule has 0 bridgehead atoms. The molecule has 0 aromatic carbocycles. The van der Waals surface area contributed by atoms with E-state index in [1.807, 2.05) is 7.05 Å². The van der Waals surface area contributed by atoms with Crippen molar-refractivity contribution in [2.75, 3.05) is 30.9 Å². The number of nitrogens with one attached hydrogen (secondary N) is 2. The summed E-state index contributed by atoms with van der Waals surface area (Å²) in [7, 11) is 1.91. The summed E-state index contributed by atoms with van der Waals surface area (Å²) in [5.74, 6) is 2.78. The third kappa shape index (κ3) is 3.39. The molecule has 1 aliphatic heterocycles. The lowest BCUT2D eigenvalue weighted by molar-refractivity contribution is 0.0657. The van der Waals surface area contributed by atoms with Gasteiger partial charge in [0.2, 0.25) is 0 Å². The maximum absolute atomic E-state index is 5.45. The van der Waals surface area contributed by atoms with Crippen LogP contribution in [0.2, 0.25) is 0 Å². The van der Waals surface area contributed by atoms with E-state index in [1.165, 1.54) is 0 Å². The molecule has 1 saturated heterocycles. The number of aryl methyl sites for hydroxylation is 1. The topological polar surface area (TPSA) is 59.1 Å². The quantitative estimate of drug-likeness (QED) is 0.867. The summed E-state index contributed by atoms with van der Waals surface area (Å²) >= 11 is 0. The van der Waals surface area contributed by atoms with Crippen molar-refractivity contribution in [1.29, 1.82) is 0 Å². The first-order chi connectivity index (χ1) is 9.58. The molecule has 1 aromatic heterocycles. The SMILES string of the molecule is CCCc1nc(NC)c(C)c(NC2(C)CCOCC2)n1. The van der Waals surface area contributed by atoms with E-state index in [2.05, 4.69) is 36.4 Å². The number of nitrogens with zero attached hydrogens (tertiary/aromatic N) is 2. The van der Waals surface area contributed by atoms with Crippen LogP contribution in [0.1, 0.15) is 44.5 Å². The van der Waals surface area contributed by atoms with Crippen molar-refractivity contribution in [2.45, 2.75) is 52.0 Å². The number of hydrogen-bond acceptors (Lipinski definition) is 5. The first-order valence-electron chi connectivity index (χ1n) is 7.49. The largest absolute Gasteiger partial charge is 0.381 e. The molecule has 112 valence electrons. The zero-order valence-corrected chi connectivity index (χ0v) is 13.0. The molecule has 0 saturated carbocycles. The zero-order chi connectivity index (χ0) is 14.6. The van der Waals surface area contributed by atoms with E-state index in [9.17, 15) is 0 Å². The molecule has 1 fully saturated rings. The van der Waals surface area contributed by atoms with Crippen molar-refractivity contribution in [3.63, 3.8) is 0 Å². The standard InChI is InChI=1S/C15H26N4O/c1-5-6-12-17-13(16-4)11(2)14(18-12)19-15(3)7-9-20-10-8-15/h5-10H2,1-4H3,(H2,16,17,18,19). The lowest BCUT2D eigenvalue weighted by atomic mass is 9.92. The van der Waals surface area contributed by atoms with Gasteiger partial charge in [-0.25, -0.2) is 9.97 Å². The summed E-state index contributed by atoms with van der Waals surface area (Å²) in [5, 5.41) is 6.80. The molecule has 1 aliphatic rings. The average Bonchev–Trinajstić information content (AvgIpc) is 2.43. The number of aromatic nitrogens is 2. The van der Waals surface area contributed by atoms with Crippen LogP contribution < -0.4 is 10.6 Å². The maximum Gasteiger partial charge on any atom is 0.135 e. The van der Waals surface area contributed by atoms with E-state index in [1.54, 1.807) is 0 Å². The Hall–Kier alpha value is -1.36. The van der Waals surface area contributed by atoms with E-state index < -0.39 is 0 Å². The number of anilines is 2. The molecular weight excluding hydrogens is 252 g/mol. The van der Waals surface area contributed by atoms with Crippen LogP contribution in [0.25, 0.3) is 0 Å². The van der Waals surface area contributed by atoms with Gasteiger partial charge < -0.3 is 15.4 Å². The molecule has 2 N–H and O–H groups in total. The van der Waals surface area contributed by atoms with Gasteiger partial charge in [0.1, 0.15) is 17.5 Å². The van der Waals surface area contributed by atoms with Crippen LogP contribution in [0, 0.1) is 6.92 Å². The Morgan fingerprint density at radius 2 is 1.85 bits per heavy atom. The summed E-state index contributed by atoms with van der Waals surface area (Å²) in [4.78, 5) is 9.28. The molecule has 2 heterocycles. The number of hydrogen-bond donors (Lipinski definition) is 2. The summed E-state index contributed by atoms with van der Waals surface area (Å²) in [6.07, 6.45) is 3.98. The van der Waals surface area contributed by atoms with Crippen LogP contribution in [0.15, 0.2) is 0 Å². The number of rotatable bonds is 5. The minimum atomic E-state index is 0.0614. The minimum absolute atomic E-state index is 0.0614.